The Bertz CT molecular complexity index is 1010. The van der Waals surface area contributed by atoms with Gasteiger partial charge in [-0.3, -0.25) is 9.59 Å². The molecule has 2 fully saturated rings. The Morgan fingerprint density at radius 3 is 2.65 bits per heavy atom. The van der Waals surface area contributed by atoms with Crippen LogP contribution in [0.1, 0.15) is 24.8 Å². The summed E-state index contributed by atoms with van der Waals surface area (Å²) in [7, 11) is 0. The molecule has 31 heavy (non-hydrogen) atoms. The summed E-state index contributed by atoms with van der Waals surface area (Å²) in [5.74, 6) is 1.12. The number of rotatable bonds is 3. The number of nitrogens with one attached hydrogen (secondary N) is 3. The minimum absolute atomic E-state index is 0.00579. The zero-order chi connectivity index (χ0) is 21.8. The number of anilines is 1. The zero-order valence-corrected chi connectivity index (χ0v) is 17.5. The lowest BCUT2D eigenvalue weighted by Gasteiger charge is -2.21. The number of ether oxygens (including phenoxy) is 1. The topological polar surface area (TPSA) is 103 Å². The van der Waals surface area contributed by atoms with Gasteiger partial charge in [-0.15, -0.1) is 0 Å². The highest BCUT2D eigenvalue weighted by Gasteiger charge is 2.42. The van der Waals surface area contributed by atoms with Crippen LogP contribution in [0, 0.1) is 24.2 Å². The smallest absolute Gasteiger partial charge is 0.262 e. The molecule has 2 bridgehead atoms. The van der Waals surface area contributed by atoms with Gasteiger partial charge >= 0.3 is 0 Å². The molecular weight excluding hydrogens is 392 g/mol. The molecule has 0 radical (unpaired) electrons. The van der Waals surface area contributed by atoms with Crippen LogP contribution in [-0.4, -0.2) is 37.0 Å². The number of amides is 2. The molecule has 7 nitrogen and oxygen atoms in total. The lowest BCUT2D eigenvalue weighted by atomic mass is 9.99. The van der Waals surface area contributed by atoms with Gasteiger partial charge in [0, 0.05) is 6.04 Å². The van der Waals surface area contributed by atoms with Crippen LogP contribution in [0.25, 0.3) is 11.1 Å². The van der Waals surface area contributed by atoms with Gasteiger partial charge in [-0.2, -0.15) is 5.26 Å². The summed E-state index contributed by atoms with van der Waals surface area (Å²) in [6.45, 7) is 2.27. The Labute approximate surface area is 181 Å². The monoisotopic (exact) mass is 418 g/mol. The molecule has 160 valence electrons. The minimum atomic E-state index is -0.108. The number of piperidine rings is 1. The third-order valence-electron chi connectivity index (χ3n) is 5.98. The fourth-order valence-corrected chi connectivity index (χ4v) is 4.40. The number of hydrogen-bond acceptors (Lipinski definition) is 5. The van der Waals surface area contributed by atoms with Gasteiger partial charge < -0.3 is 20.7 Å². The Morgan fingerprint density at radius 1 is 1.19 bits per heavy atom. The van der Waals surface area contributed by atoms with E-state index in [0.717, 1.165) is 35.4 Å². The molecule has 0 aromatic heterocycles. The predicted molar refractivity (Wildman–Crippen MR) is 117 cm³/mol. The third kappa shape index (κ3) is 4.86. The van der Waals surface area contributed by atoms with Gasteiger partial charge in [0.2, 0.25) is 5.91 Å². The molecule has 2 aromatic rings. The van der Waals surface area contributed by atoms with Crippen molar-refractivity contribution in [3.63, 3.8) is 0 Å². The number of nitrogens with zero attached hydrogens (tertiary/aromatic N) is 1. The lowest BCUT2D eigenvalue weighted by molar-refractivity contribution is -0.123. The largest absolute Gasteiger partial charge is 0.482 e. The fraction of sp³-hybridized carbons (Fsp3) is 0.375. The second kappa shape index (κ2) is 9.19. The van der Waals surface area contributed by atoms with Crippen molar-refractivity contribution in [1.82, 2.24) is 10.6 Å². The molecule has 2 aromatic carbocycles. The van der Waals surface area contributed by atoms with Crippen molar-refractivity contribution < 1.29 is 14.3 Å². The summed E-state index contributed by atoms with van der Waals surface area (Å²) < 4.78 is 5.33. The molecule has 7 heteroatoms. The number of carbonyl (C=O) groups is 2. The van der Waals surface area contributed by atoms with Gasteiger partial charge in [0.05, 0.1) is 17.8 Å². The summed E-state index contributed by atoms with van der Waals surface area (Å²) in [5.41, 5.74) is 4.17. The minimum Gasteiger partial charge on any atom is -0.482 e. The molecule has 3 N–H and O–H groups in total. The van der Waals surface area contributed by atoms with E-state index in [-0.39, 0.29) is 31.0 Å². The Morgan fingerprint density at radius 2 is 1.97 bits per heavy atom. The van der Waals surface area contributed by atoms with E-state index < -0.39 is 0 Å². The second-order valence-corrected chi connectivity index (χ2v) is 8.20. The van der Waals surface area contributed by atoms with E-state index in [0.29, 0.717) is 12.0 Å². The van der Waals surface area contributed by atoms with Crippen LogP contribution in [0.15, 0.2) is 42.5 Å². The average molecular weight is 418 g/mol. The van der Waals surface area contributed by atoms with E-state index in [9.17, 15) is 9.59 Å². The van der Waals surface area contributed by atoms with Crippen molar-refractivity contribution >= 4 is 17.5 Å². The van der Waals surface area contributed by atoms with E-state index in [1.807, 2.05) is 24.3 Å². The normalized spacial score (nSPS) is 22.8. The van der Waals surface area contributed by atoms with Crippen molar-refractivity contribution in [2.75, 3.05) is 18.5 Å². The molecule has 3 atom stereocenters. The fourth-order valence-electron chi connectivity index (χ4n) is 4.40. The third-order valence-corrected chi connectivity index (χ3v) is 5.98. The first-order valence-corrected chi connectivity index (χ1v) is 10.6. The van der Waals surface area contributed by atoms with Gasteiger partial charge in [0.25, 0.3) is 5.91 Å². The molecule has 5 rings (SSSR count). The van der Waals surface area contributed by atoms with Gasteiger partial charge in [0.1, 0.15) is 12.3 Å². The number of nitriles is 1. The highest BCUT2D eigenvalue weighted by Crippen LogP contribution is 2.35. The number of carbonyl (C=O) groups excluding carboxylic acids is 2. The molecule has 2 heterocycles. The lowest BCUT2D eigenvalue weighted by Crippen LogP contribution is -2.47. The molecular formula is C24H26N4O3. The van der Waals surface area contributed by atoms with Crippen molar-refractivity contribution in [1.29, 1.82) is 5.26 Å². The summed E-state index contributed by atoms with van der Waals surface area (Å²) in [6.07, 6.45) is 3.49. The molecule has 1 saturated carbocycles. The molecule has 3 unspecified atom stereocenters. The Kier molecular flexibility index (Phi) is 6.19. The van der Waals surface area contributed by atoms with Crippen LogP contribution in [0.3, 0.4) is 0 Å². The summed E-state index contributed by atoms with van der Waals surface area (Å²) in [6, 6.07) is 16.5. The van der Waals surface area contributed by atoms with Crippen LogP contribution in [0.2, 0.25) is 0 Å². The first-order valence-electron chi connectivity index (χ1n) is 10.6. The van der Waals surface area contributed by atoms with Gasteiger partial charge in [-0.05, 0) is 55.4 Å². The first kappa shape index (κ1) is 20.9. The standard InChI is InChI=1S/C15H13NO2.C9H13N3O/c1-10-2-4-11(5-3-10)12-6-7-14-13(8-12)16-15(17)9-18-14;10-3-4-11-9(13)8-6-1-2-7(5-6)12-8/h2-8H,9H2,1H3,(H,16,17);6-8,12H,1-2,4-5H2,(H,11,13). The van der Waals surface area contributed by atoms with Crippen LogP contribution in [0.5, 0.6) is 5.75 Å². The maximum atomic E-state index is 11.5. The summed E-state index contributed by atoms with van der Waals surface area (Å²) in [5, 5.41) is 17.0. The number of fused-ring (bicyclic) bond motifs is 3. The SMILES string of the molecule is Cc1ccc(-c2ccc3c(c2)NC(=O)CO3)cc1.N#CCNC(=O)C1NC2CCC1C2. The van der Waals surface area contributed by atoms with Crippen LogP contribution in [0.4, 0.5) is 5.69 Å². The van der Waals surface area contributed by atoms with E-state index in [2.05, 4.69) is 47.1 Å². The van der Waals surface area contributed by atoms with Gasteiger partial charge in [-0.1, -0.05) is 35.9 Å². The maximum Gasteiger partial charge on any atom is 0.262 e. The van der Waals surface area contributed by atoms with Crippen LogP contribution in [-0.2, 0) is 9.59 Å². The van der Waals surface area contributed by atoms with E-state index >= 15 is 0 Å². The maximum absolute atomic E-state index is 11.5. The Balaban J connectivity index is 0.000000158. The number of aryl methyl sites for hydroxylation is 1. The molecule has 2 amide bonds. The van der Waals surface area contributed by atoms with Gasteiger partial charge in [-0.25, -0.2) is 0 Å². The molecule has 1 aliphatic carbocycles. The highest BCUT2D eigenvalue weighted by molar-refractivity contribution is 5.96. The van der Waals surface area contributed by atoms with Gasteiger partial charge in [0.15, 0.2) is 6.61 Å². The first-order chi connectivity index (χ1) is 15.0. The van der Waals surface area contributed by atoms with E-state index in [1.165, 1.54) is 12.0 Å². The number of benzene rings is 2. The molecule has 3 aliphatic rings. The second-order valence-electron chi connectivity index (χ2n) is 8.20. The van der Waals surface area contributed by atoms with E-state index in [1.54, 1.807) is 0 Å². The predicted octanol–water partition coefficient (Wildman–Crippen LogP) is 2.76. The molecule has 1 saturated heterocycles. The summed E-state index contributed by atoms with van der Waals surface area (Å²) in [4.78, 5) is 22.8. The quantitative estimate of drug-likeness (QED) is 0.665. The van der Waals surface area contributed by atoms with E-state index in [4.69, 9.17) is 10.00 Å². The molecule has 2 aliphatic heterocycles. The van der Waals surface area contributed by atoms with Crippen LogP contribution >= 0.6 is 0 Å². The zero-order valence-electron chi connectivity index (χ0n) is 17.5. The highest BCUT2D eigenvalue weighted by atomic mass is 16.5. The summed E-state index contributed by atoms with van der Waals surface area (Å²) >= 11 is 0. The Hall–Kier alpha value is -3.37. The molecule has 0 spiro atoms. The van der Waals surface area contributed by atoms with Crippen molar-refractivity contribution in [2.24, 2.45) is 5.92 Å². The van der Waals surface area contributed by atoms with Crippen LogP contribution < -0.4 is 20.7 Å². The average Bonchev–Trinajstić information content (AvgIpc) is 3.42. The van der Waals surface area contributed by atoms with Crippen molar-refractivity contribution in [3.05, 3.63) is 48.0 Å². The van der Waals surface area contributed by atoms with Crippen molar-refractivity contribution in [3.8, 4) is 22.9 Å². The number of hydrogen-bond donors (Lipinski definition) is 3. The van der Waals surface area contributed by atoms with Crippen molar-refractivity contribution in [2.45, 2.75) is 38.3 Å².